The van der Waals surface area contributed by atoms with Gasteiger partial charge in [-0.05, 0) is 30.0 Å². The van der Waals surface area contributed by atoms with Crippen LogP contribution in [0, 0.1) is 0 Å². The summed E-state index contributed by atoms with van der Waals surface area (Å²) in [6.07, 6.45) is -0.0291. The number of hydrogen-bond acceptors (Lipinski definition) is 2. The van der Waals surface area contributed by atoms with Crippen molar-refractivity contribution in [2.75, 3.05) is 25.0 Å². The van der Waals surface area contributed by atoms with Crippen LogP contribution in [0.1, 0.15) is 17.5 Å². The third kappa shape index (κ3) is 3.16. The summed E-state index contributed by atoms with van der Waals surface area (Å²) in [6.45, 7) is 1.37. The first-order valence-corrected chi connectivity index (χ1v) is 5.98. The third-order valence-corrected chi connectivity index (χ3v) is 3.12. The summed E-state index contributed by atoms with van der Waals surface area (Å²) >= 11 is 0. The van der Waals surface area contributed by atoms with Gasteiger partial charge in [0.2, 0.25) is 0 Å². The zero-order chi connectivity index (χ0) is 12.3. The van der Waals surface area contributed by atoms with E-state index in [9.17, 15) is 8.78 Å². The molecule has 0 radical (unpaired) electrons. The molecule has 0 saturated carbocycles. The summed E-state index contributed by atoms with van der Waals surface area (Å²) in [7, 11) is 2.09. The Balaban J connectivity index is 2.01. The van der Waals surface area contributed by atoms with Gasteiger partial charge in [-0.1, -0.05) is 12.1 Å². The Morgan fingerprint density at radius 3 is 3.00 bits per heavy atom. The van der Waals surface area contributed by atoms with Crippen molar-refractivity contribution in [2.45, 2.75) is 25.8 Å². The van der Waals surface area contributed by atoms with Crippen molar-refractivity contribution in [1.82, 2.24) is 5.32 Å². The third-order valence-electron chi connectivity index (χ3n) is 3.12. The molecular formula is C13H18F2N2. The van der Waals surface area contributed by atoms with Gasteiger partial charge >= 0.3 is 0 Å². The monoisotopic (exact) mass is 240 g/mol. The molecule has 2 nitrogen and oxygen atoms in total. The number of rotatable bonds is 4. The molecule has 0 aromatic heterocycles. The molecule has 17 heavy (non-hydrogen) atoms. The summed E-state index contributed by atoms with van der Waals surface area (Å²) in [5, 5.41) is 2.76. The Kier molecular flexibility index (Phi) is 3.94. The molecule has 0 amide bonds. The average molecular weight is 240 g/mol. The van der Waals surface area contributed by atoms with E-state index < -0.39 is 6.43 Å². The van der Waals surface area contributed by atoms with Crippen LogP contribution in [-0.4, -0.2) is 26.6 Å². The van der Waals surface area contributed by atoms with Gasteiger partial charge in [-0.25, -0.2) is 8.78 Å². The first kappa shape index (κ1) is 12.3. The van der Waals surface area contributed by atoms with Crippen LogP contribution in [0.4, 0.5) is 14.5 Å². The lowest BCUT2D eigenvalue weighted by Crippen LogP contribution is -2.25. The van der Waals surface area contributed by atoms with Gasteiger partial charge in [-0.15, -0.1) is 0 Å². The fraction of sp³-hybridized carbons (Fsp3) is 0.538. The Morgan fingerprint density at radius 2 is 2.24 bits per heavy atom. The molecule has 0 spiro atoms. The fourth-order valence-corrected chi connectivity index (χ4v) is 2.27. The number of aryl methyl sites for hydroxylation is 1. The number of benzene rings is 1. The quantitative estimate of drug-likeness (QED) is 0.869. The first-order chi connectivity index (χ1) is 8.16. The minimum atomic E-state index is -2.28. The van der Waals surface area contributed by atoms with Gasteiger partial charge in [0, 0.05) is 25.8 Å². The number of nitrogens with zero attached hydrogens (tertiary/aromatic N) is 1. The molecule has 0 fully saturated rings. The molecule has 1 aromatic carbocycles. The van der Waals surface area contributed by atoms with Crippen LogP contribution in [0.25, 0.3) is 0 Å². The lowest BCUT2D eigenvalue weighted by Gasteiger charge is -2.27. The van der Waals surface area contributed by atoms with Crippen molar-refractivity contribution >= 4 is 5.69 Å². The number of hydrogen-bond donors (Lipinski definition) is 1. The maximum absolute atomic E-state index is 12.0. The SMILES string of the molecule is CN1CCCc2cc(CNCC(F)F)ccc21. The minimum absolute atomic E-state index is 0.239. The van der Waals surface area contributed by atoms with Gasteiger partial charge in [0.1, 0.15) is 0 Å². The number of halogens is 2. The molecule has 2 rings (SSSR count). The van der Waals surface area contributed by atoms with Crippen molar-refractivity contribution in [1.29, 1.82) is 0 Å². The summed E-state index contributed by atoms with van der Waals surface area (Å²) < 4.78 is 24.0. The van der Waals surface area contributed by atoms with Gasteiger partial charge in [0.05, 0.1) is 6.54 Å². The normalized spacial score (nSPS) is 15.2. The van der Waals surface area contributed by atoms with E-state index in [4.69, 9.17) is 0 Å². The Morgan fingerprint density at radius 1 is 1.41 bits per heavy atom. The van der Waals surface area contributed by atoms with Crippen LogP contribution in [-0.2, 0) is 13.0 Å². The number of nitrogens with one attached hydrogen (secondary N) is 1. The second kappa shape index (κ2) is 5.45. The second-order valence-corrected chi connectivity index (χ2v) is 4.51. The molecule has 1 aromatic rings. The lowest BCUT2D eigenvalue weighted by atomic mass is 9.99. The molecule has 0 bridgehead atoms. The zero-order valence-electron chi connectivity index (χ0n) is 10.0. The van der Waals surface area contributed by atoms with Crippen LogP contribution < -0.4 is 10.2 Å². The largest absolute Gasteiger partial charge is 0.374 e. The number of fused-ring (bicyclic) bond motifs is 1. The molecule has 1 aliphatic heterocycles. The zero-order valence-corrected chi connectivity index (χ0v) is 10.0. The molecule has 94 valence electrons. The lowest BCUT2D eigenvalue weighted by molar-refractivity contribution is 0.145. The Labute approximate surface area is 101 Å². The molecule has 1 N–H and O–H groups in total. The molecule has 0 unspecified atom stereocenters. The topological polar surface area (TPSA) is 15.3 Å². The molecule has 1 aliphatic rings. The van der Waals surface area contributed by atoms with E-state index in [1.807, 2.05) is 6.07 Å². The van der Waals surface area contributed by atoms with E-state index in [1.165, 1.54) is 11.3 Å². The van der Waals surface area contributed by atoms with Gasteiger partial charge < -0.3 is 10.2 Å². The van der Waals surface area contributed by atoms with Crippen molar-refractivity contribution in [3.63, 3.8) is 0 Å². The summed E-state index contributed by atoms with van der Waals surface area (Å²) in [5.41, 5.74) is 3.68. The summed E-state index contributed by atoms with van der Waals surface area (Å²) in [5.74, 6) is 0. The molecule has 0 aliphatic carbocycles. The fourth-order valence-electron chi connectivity index (χ4n) is 2.27. The van der Waals surface area contributed by atoms with E-state index in [0.29, 0.717) is 6.54 Å². The maximum Gasteiger partial charge on any atom is 0.250 e. The van der Waals surface area contributed by atoms with Gasteiger partial charge in [0.25, 0.3) is 6.43 Å². The van der Waals surface area contributed by atoms with Gasteiger partial charge in [-0.2, -0.15) is 0 Å². The van der Waals surface area contributed by atoms with Gasteiger partial charge in [-0.3, -0.25) is 0 Å². The Bertz CT molecular complexity index is 380. The number of anilines is 1. The van der Waals surface area contributed by atoms with Crippen molar-refractivity contribution < 1.29 is 8.78 Å². The van der Waals surface area contributed by atoms with Crippen molar-refractivity contribution in [3.8, 4) is 0 Å². The van der Waals surface area contributed by atoms with Crippen molar-refractivity contribution in [3.05, 3.63) is 29.3 Å². The first-order valence-electron chi connectivity index (χ1n) is 5.98. The highest BCUT2D eigenvalue weighted by Crippen LogP contribution is 2.26. The molecule has 0 saturated heterocycles. The van der Waals surface area contributed by atoms with Crippen molar-refractivity contribution in [2.24, 2.45) is 0 Å². The average Bonchev–Trinajstić information content (AvgIpc) is 2.29. The van der Waals surface area contributed by atoms with E-state index in [1.54, 1.807) is 0 Å². The maximum atomic E-state index is 12.0. The smallest absolute Gasteiger partial charge is 0.250 e. The summed E-state index contributed by atoms with van der Waals surface area (Å²) in [6, 6.07) is 6.23. The van der Waals surface area contributed by atoms with Crippen LogP contribution in [0.15, 0.2) is 18.2 Å². The standard InChI is InChI=1S/C13H18F2N2/c1-17-6-2-3-11-7-10(4-5-12(11)17)8-16-9-13(14)15/h4-5,7,13,16H,2-3,6,8-9H2,1H3. The highest BCUT2D eigenvalue weighted by atomic mass is 19.3. The highest BCUT2D eigenvalue weighted by molar-refractivity contribution is 5.56. The molecule has 1 heterocycles. The predicted octanol–water partition coefficient (Wildman–Crippen LogP) is 2.42. The minimum Gasteiger partial charge on any atom is -0.374 e. The second-order valence-electron chi connectivity index (χ2n) is 4.51. The van der Waals surface area contributed by atoms with Crippen LogP contribution in [0.5, 0.6) is 0 Å². The van der Waals surface area contributed by atoms with Crippen LogP contribution >= 0.6 is 0 Å². The van der Waals surface area contributed by atoms with Crippen LogP contribution in [0.3, 0.4) is 0 Å². The van der Waals surface area contributed by atoms with E-state index >= 15 is 0 Å². The molecule has 4 heteroatoms. The van der Waals surface area contributed by atoms with E-state index in [-0.39, 0.29) is 6.54 Å². The number of alkyl halides is 2. The molecule has 0 atom stereocenters. The van der Waals surface area contributed by atoms with Gasteiger partial charge in [0.15, 0.2) is 0 Å². The van der Waals surface area contributed by atoms with E-state index in [0.717, 1.165) is 24.9 Å². The van der Waals surface area contributed by atoms with Crippen LogP contribution in [0.2, 0.25) is 0 Å². The molecular weight excluding hydrogens is 222 g/mol. The Hall–Kier alpha value is -1.16. The predicted molar refractivity (Wildman–Crippen MR) is 65.7 cm³/mol. The van der Waals surface area contributed by atoms with E-state index in [2.05, 4.69) is 29.4 Å². The highest BCUT2D eigenvalue weighted by Gasteiger charge is 2.13. The summed E-state index contributed by atoms with van der Waals surface area (Å²) in [4.78, 5) is 2.25.